The summed E-state index contributed by atoms with van der Waals surface area (Å²) in [6.07, 6.45) is 1.46. The first-order chi connectivity index (χ1) is 4.75. The Morgan fingerprint density at radius 1 is 1.90 bits per heavy atom. The van der Waals surface area contributed by atoms with Gasteiger partial charge in [-0.2, -0.15) is 5.41 Å². The van der Waals surface area contributed by atoms with Crippen LogP contribution in [0.3, 0.4) is 0 Å². The van der Waals surface area contributed by atoms with Crippen molar-refractivity contribution in [3.8, 4) is 0 Å². The normalized spacial score (nSPS) is 23.7. The Kier molecular flexibility index (Phi) is 2.18. The van der Waals surface area contributed by atoms with E-state index in [1.54, 1.807) is 5.41 Å². The van der Waals surface area contributed by atoms with Crippen molar-refractivity contribution in [3.63, 3.8) is 0 Å². The van der Waals surface area contributed by atoms with Crippen LogP contribution in [0.4, 0.5) is 0 Å². The van der Waals surface area contributed by atoms with Gasteiger partial charge in [0.05, 0.1) is 0 Å². The number of rotatable bonds is 2. The van der Waals surface area contributed by atoms with Gasteiger partial charge >= 0.3 is 0 Å². The van der Waals surface area contributed by atoms with E-state index < -0.39 is 10.4 Å². The average molecular weight is 160 g/mol. The van der Waals surface area contributed by atoms with Crippen LogP contribution in [0, 0.1) is 16.2 Å². The second-order valence-electron chi connectivity index (χ2n) is 1.69. The van der Waals surface area contributed by atoms with Gasteiger partial charge in [0.2, 0.25) is 0 Å². The maximum atomic E-state index is 10.2. The summed E-state index contributed by atoms with van der Waals surface area (Å²) >= 11 is 1.30. The molecule has 1 heterocycles. The summed E-state index contributed by atoms with van der Waals surface area (Å²) in [7, 11) is 1.45. The van der Waals surface area contributed by atoms with Gasteiger partial charge in [-0.15, -0.1) is 6.08 Å². The first-order valence-corrected chi connectivity index (χ1v) is 3.56. The molecule has 56 valence electrons. The summed E-state index contributed by atoms with van der Waals surface area (Å²) in [5, 5.41) is 11.9. The van der Waals surface area contributed by atoms with E-state index in [2.05, 4.69) is 0 Å². The third kappa shape index (κ3) is 1.25. The molecule has 0 saturated carbocycles. The molecule has 0 aromatic carbocycles. The zero-order valence-corrected chi connectivity index (χ0v) is 6.13. The maximum absolute atomic E-state index is 10.2. The Hall–Kier alpha value is -0.680. The Labute approximate surface area is 62.4 Å². The molecule has 0 spiro atoms. The third-order valence-electron chi connectivity index (χ3n) is 1.11. The van der Waals surface area contributed by atoms with Crippen molar-refractivity contribution in [1.82, 2.24) is 0 Å². The van der Waals surface area contributed by atoms with Crippen LogP contribution in [0.2, 0.25) is 0 Å². The van der Waals surface area contributed by atoms with Crippen molar-refractivity contribution >= 4 is 11.8 Å². The summed E-state index contributed by atoms with van der Waals surface area (Å²) < 4.78 is 4.81. The van der Waals surface area contributed by atoms with Crippen molar-refractivity contribution in [3.05, 3.63) is 27.6 Å². The third-order valence-corrected chi connectivity index (χ3v) is 2.08. The van der Waals surface area contributed by atoms with Gasteiger partial charge in [-0.25, -0.2) is 11.8 Å². The van der Waals surface area contributed by atoms with E-state index in [-0.39, 0.29) is 6.04 Å². The minimum atomic E-state index is -0.426. The molecule has 0 unspecified atom stereocenters. The monoisotopic (exact) mass is 160 g/mol. The van der Waals surface area contributed by atoms with Crippen LogP contribution < -0.4 is 0 Å². The molecule has 4 nitrogen and oxygen atoms in total. The van der Waals surface area contributed by atoms with Gasteiger partial charge in [0, 0.05) is 7.11 Å². The second kappa shape index (κ2) is 2.94. The van der Waals surface area contributed by atoms with Gasteiger partial charge in [0.1, 0.15) is 11.5 Å². The van der Waals surface area contributed by atoms with E-state index in [1.807, 2.05) is 0 Å². The van der Waals surface area contributed by atoms with Gasteiger partial charge in [0.25, 0.3) is 0 Å². The van der Waals surface area contributed by atoms with Crippen LogP contribution in [0.5, 0.6) is 0 Å². The Bertz CT molecular complexity index is 170. The molecule has 5 heteroatoms. The SMILES string of the molecule is CO[C@@H]1SC=C[C-]1[N+](=O)[O-]. The smallest absolute Gasteiger partial charge is 0.141 e. The predicted molar refractivity (Wildman–Crippen MR) is 37.8 cm³/mol. The number of ether oxygens (including phenoxy) is 1. The fourth-order valence-corrected chi connectivity index (χ4v) is 1.43. The number of nitro groups is 1. The highest BCUT2D eigenvalue weighted by atomic mass is 32.2. The van der Waals surface area contributed by atoms with Crippen molar-refractivity contribution < 1.29 is 9.66 Å². The van der Waals surface area contributed by atoms with Crippen LogP contribution in [-0.4, -0.2) is 17.5 Å². The van der Waals surface area contributed by atoms with E-state index in [9.17, 15) is 10.1 Å². The van der Waals surface area contributed by atoms with Gasteiger partial charge in [-0.05, 0) is 4.92 Å². The van der Waals surface area contributed by atoms with Gasteiger partial charge in [-0.3, -0.25) is 10.1 Å². The number of thioether (sulfide) groups is 1. The van der Waals surface area contributed by atoms with E-state index in [0.717, 1.165) is 0 Å². The Balaban J connectivity index is 2.57. The summed E-state index contributed by atoms with van der Waals surface area (Å²) in [5.41, 5.74) is -0.421. The minimum absolute atomic E-state index is 0.118. The van der Waals surface area contributed by atoms with Crippen LogP contribution in [-0.2, 0) is 4.74 Å². The van der Waals surface area contributed by atoms with E-state index >= 15 is 0 Å². The van der Waals surface area contributed by atoms with Crippen LogP contribution in [0.15, 0.2) is 11.5 Å². The Morgan fingerprint density at radius 2 is 2.60 bits per heavy atom. The van der Waals surface area contributed by atoms with E-state index in [1.165, 1.54) is 24.9 Å². The van der Waals surface area contributed by atoms with Crippen molar-refractivity contribution in [2.24, 2.45) is 0 Å². The summed E-state index contributed by atoms with van der Waals surface area (Å²) in [5.74, 6) is 0. The fraction of sp³-hybridized carbons (Fsp3) is 0.400. The molecule has 10 heavy (non-hydrogen) atoms. The molecule has 1 aliphatic heterocycles. The molecule has 1 aliphatic rings. The highest BCUT2D eigenvalue weighted by molar-refractivity contribution is 8.03. The molecule has 1 atom stereocenters. The van der Waals surface area contributed by atoms with E-state index in [4.69, 9.17) is 4.74 Å². The van der Waals surface area contributed by atoms with E-state index in [0.29, 0.717) is 0 Å². The lowest BCUT2D eigenvalue weighted by Gasteiger charge is -2.15. The zero-order chi connectivity index (χ0) is 7.56. The maximum Gasteiger partial charge on any atom is 0.141 e. The highest BCUT2D eigenvalue weighted by Crippen LogP contribution is 2.31. The molecule has 0 aromatic heterocycles. The van der Waals surface area contributed by atoms with Crippen molar-refractivity contribution in [1.29, 1.82) is 0 Å². The van der Waals surface area contributed by atoms with Gasteiger partial charge < -0.3 is 4.74 Å². The molecule has 0 aliphatic carbocycles. The topological polar surface area (TPSA) is 52.4 Å². The van der Waals surface area contributed by atoms with Crippen molar-refractivity contribution in [2.75, 3.05) is 7.11 Å². The largest absolute Gasteiger partial charge is 0.379 e. The highest BCUT2D eigenvalue weighted by Gasteiger charge is 2.23. The lowest BCUT2D eigenvalue weighted by atomic mass is 10.3. The quantitative estimate of drug-likeness (QED) is 0.344. The number of nitrogens with zero attached hydrogens (tertiary/aromatic N) is 1. The molecule has 0 saturated heterocycles. The van der Waals surface area contributed by atoms with Crippen LogP contribution in [0.25, 0.3) is 0 Å². The summed E-state index contributed by atoms with van der Waals surface area (Å²) in [6, 6.07) is 0.118. The molecule has 0 aromatic rings. The standard InChI is InChI=1S/C5H6NO3S/c1-9-5-4(6(7)8)2-3-10-5/h2-3,5H,1H3/q-1/t5-/m1/s1. The molecule has 1 rings (SSSR count). The Morgan fingerprint density at radius 3 is 3.00 bits per heavy atom. The summed E-state index contributed by atoms with van der Waals surface area (Å²) in [4.78, 5) is 9.77. The first-order valence-electron chi connectivity index (χ1n) is 2.61. The lowest BCUT2D eigenvalue weighted by Crippen LogP contribution is -2.19. The molecule has 0 N–H and O–H groups in total. The molecule has 0 amide bonds. The van der Waals surface area contributed by atoms with Gasteiger partial charge in [0.15, 0.2) is 0 Å². The molecular formula is C5H6NO3S-. The molecule has 0 radical (unpaired) electrons. The van der Waals surface area contributed by atoms with Crippen molar-refractivity contribution in [2.45, 2.75) is 5.44 Å². The number of hydrogen-bond acceptors (Lipinski definition) is 4. The first kappa shape index (κ1) is 7.43. The number of methoxy groups -OCH3 is 1. The predicted octanol–water partition coefficient (Wildman–Crippen LogP) is 1.03. The minimum Gasteiger partial charge on any atom is -0.379 e. The summed E-state index contributed by atoms with van der Waals surface area (Å²) in [6.45, 7) is 0. The molecular weight excluding hydrogens is 154 g/mol. The lowest BCUT2D eigenvalue weighted by molar-refractivity contribution is -0.463. The zero-order valence-electron chi connectivity index (χ0n) is 5.31. The fourth-order valence-electron chi connectivity index (χ4n) is 0.652. The van der Waals surface area contributed by atoms with Crippen LogP contribution >= 0.6 is 11.8 Å². The molecule has 0 bridgehead atoms. The van der Waals surface area contributed by atoms with Gasteiger partial charge in [-0.1, -0.05) is 0 Å². The molecule has 0 fully saturated rings. The second-order valence-corrected chi connectivity index (χ2v) is 2.66. The number of hydrogen-bond donors (Lipinski definition) is 0. The average Bonchev–Trinajstić information content (AvgIpc) is 2.33. The van der Waals surface area contributed by atoms with Crippen LogP contribution in [0.1, 0.15) is 0 Å².